The van der Waals surface area contributed by atoms with Crippen molar-refractivity contribution in [3.63, 3.8) is 0 Å². The first kappa shape index (κ1) is 21.8. The molecule has 0 bridgehead atoms. The number of benzene rings is 2. The lowest BCUT2D eigenvalue weighted by atomic mass is 9.64. The highest BCUT2D eigenvalue weighted by Gasteiger charge is 2.57. The molecule has 0 fully saturated rings. The van der Waals surface area contributed by atoms with Crippen molar-refractivity contribution in [3.05, 3.63) is 94.5 Å². The number of ether oxygens (including phenoxy) is 1. The van der Waals surface area contributed by atoms with Gasteiger partial charge in [-0.15, -0.1) is 0 Å². The van der Waals surface area contributed by atoms with Crippen LogP contribution in [0.3, 0.4) is 0 Å². The van der Waals surface area contributed by atoms with Gasteiger partial charge in [-0.3, -0.25) is 9.59 Å². The molecule has 4 rings (SSSR count). The number of hydrogen-bond acceptors (Lipinski definition) is 4. The molecule has 0 unspecified atom stereocenters. The molecule has 0 spiro atoms. The zero-order valence-corrected chi connectivity index (χ0v) is 19.7. The summed E-state index contributed by atoms with van der Waals surface area (Å²) in [7, 11) is 0. The number of allylic oxidation sites excluding steroid dienone is 5. The Morgan fingerprint density at radius 2 is 1.94 bits per heavy atom. The van der Waals surface area contributed by atoms with E-state index < -0.39 is 16.2 Å². The molecule has 158 valence electrons. The van der Waals surface area contributed by atoms with Crippen molar-refractivity contribution in [2.24, 2.45) is 5.92 Å². The topological polar surface area (TPSA) is 63.6 Å². The molecule has 2 aromatic carbocycles. The van der Waals surface area contributed by atoms with E-state index in [1.165, 1.54) is 6.08 Å². The van der Waals surface area contributed by atoms with E-state index in [1.807, 2.05) is 36.4 Å². The van der Waals surface area contributed by atoms with Gasteiger partial charge in [-0.05, 0) is 39.6 Å². The van der Waals surface area contributed by atoms with E-state index in [0.29, 0.717) is 24.3 Å². The van der Waals surface area contributed by atoms with Gasteiger partial charge in [-0.25, -0.2) is 0 Å². The predicted octanol–water partition coefficient (Wildman–Crippen LogP) is 5.75. The molecule has 2 aliphatic carbocycles. The first-order valence-electron chi connectivity index (χ1n) is 9.83. The molecular formula is C25H20Br2O4. The zero-order chi connectivity index (χ0) is 22.2. The van der Waals surface area contributed by atoms with Crippen LogP contribution in [0.25, 0.3) is 0 Å². The minimum absolute atomic E-state index is 0.00310. The minimum Gasteiger partial charge on any atom is -0.508 e. The highest BCUT2D eigenvalue weighted by Crippen LogP contribution is 2.55. The van der Waals surface area contributed by atoms with E-state index in [0.717, 1.165) is 11.1 Å². The predicted molar refractivity (Wildman–Crippen MR) is 127 cm³/mol. The molecule has 0 saturated carbocycles. The lowest BCUT2D eigenvalue weighted by Gasteiger charge is -2.45. The second-order valence-electron chi connectivity index (χ2n) is 7.61. The third kappa shape index (κ3) is 3.83. The second kappa shape index (κ2) is 8.60. The van der Waals surface area contributed by atoms with Crippen LogP contribution in [-0.2, 0) is 16.2 Å². The summed E-state index contributed by atoms with van der Waals surface area (Å²) < 4.78 is 4.90. The molecular weight excluding hydrogens is 524 g/mol. The van der Waals surface area contributed by atoms with Crippen molar-refractivity contribution >= 4 is 43.4 Å². The van der Waals surface area contributed by atoms with Crippen LogP contribution < -0.4 is 4.74 Å². The minimum atomic E-state index is -1.19. The van der Waals surface area contributed by atoms with Crippen LogP contribution in [0.15, 0.2) is 83.4 Å². The largest absolute Gasteiger partial charge is 0.508 e. The lowest BCUT2D eigenvalue weighted by Crippen LogP contribution is -2.52. The molecule has 31 heavy (non-hydrogen) atoms. The summed E-state index contributed by atoms with van der Waals surface area (Å²) in [6.45, 7) is 4.25. The number of fused-ring (bicyclic) bond motifs is 1. The summed E-state index contributed by atoms with van der Waals surface area (Å²) in [6.07, 6.45) is 5.32. The fourth-order valence-electron chi connectivity index (χ4n) is 4.27. The van der Waals surface area contributed by atoms with Gasteiger partial charge in [0.1, 0.15) is 22.4 Å². The number of aromatic hydroxyl groups is 1. The third-order valence-electron chi connectivity index (χ3n) is 5.83. The number of hydrogen-bond donors (Lipinski definition) is 1. The Labute approximate surface area is 197 Å². The Morgan fingerprint density at radius 3 is 2.61 bits per heavy atom. The van der Waals surface area contributed by atoms with Crippen molar-refractivity contribution in [2.75, 3.05) is 0 Å². The van der Waals surface area contributed by atoms with Crippen LogP contribution in [0, 0.1) is 5.92 Å². The molecule has 6 heteroatoms. The van der Waals surface area contributed by atoms with Crippen LogP contribution >= 0.6 is 31.9 Å². The molecule has 2 aromatic rings. The monoisotopic (exact) mass is 542 g/mol. The maximum absolute atomic E-state index is 13.1. The Bertz CT molecular complexity index is 1120. The fraction of sp³-hybridized carbons (Fsp3) is 0.200. The number of phenols is 1. The van der Waals surface area contributed by atoms with Crippen LogP contribution in [0.4, 0.5) is 0 Å². The number of rotatable bonds is 5. The number of carbonyl (C=O) groups excluding carboxylic acids is 2. The highest BCUT2D eigenvalue weighted by atomic mass is 79.9. The summed E-state index contributed by atoms with van der Waals surface area (Å²) >= 11 is 6.85. The van der Waals surface area contributed by atoms with E-state index in [9.17, 15) is 14.7 Å². The molecule has 4 nitrogen and oxygen atoms in total. The van der Waals surface area contributed by atoms with Gasteiger partial charge >= 0.3 is 0 Å². The van der Waals surface area contributed by atoms with E-state index >= 15 is 0 Å². The molecule has 0 amide bonds. The van der Waals surface area contributed by atoms with E-state index in [-0.39, 0.29) is 21.8 Å². The first-order chi connectivity index (χ1) is 14.9. The van der Waals surface area contributed by atoms with Gasteiger partial charge in [0.2, 0.25) is 0 Å². The molecule has 0 radical (unpaired) electrons. The van der Waals surface area contributed by atoms with Crippen LogP contribution in [0.1, 0.15) is 23.5 Å². The molecule has 0 saturated heterocycles. The lowest BCUT2D eigenvalue weighted by molar-refractivity contribution is -0.127. The van der Waals surface area contributed by atoms with Gasteiger partial charge in [-0.1, -0.05) is 71.1 Å². The Balaban J connectivity index is 1.70. The average Bonchev–Trinajstić information content (AvgIpc) is 2.77. The summed E-state index contributed by atoms with van der Waals surface area (Å²) in [5.41, 5.74) is 2.34. The average molecular weight is 544 g/mol. The maximum Gasteiger partial charge on any atom is 0.175 e. The Hall–Kier alpha value is -2.44. The van der Waals surface area contributed by atoms with Crippen molar-refractivity contribution in [1.29, 1.82) is 0 Å². The number of Topliss-reactive ketones (excluding diaryl/α,β-unsaturated/α-hetero) is 1. The quantitative estimate of drug-likeness (QED) is 0.487. The number of halogens is 2. The zero-order valence-electron chi connectivity index (χ0n) is 16.6. The number of phenolic OH excluding ortho intramolecular Hbond substituents is 1. The number of carbonyl (C=O) groups is 2. The van der Waals surface area contributed by atoms with Crippen molar-refractivity contribution in [3.8, 4) is 11.5 Å². The van der Waals surface area contributed by atoms with Crippen LogP contribution in [-0.4, -0.2) is 21.0 Å². The van der Waals surface area contributed by atoms with E-state index in [1.54, 1.807) is 24.3 Å². The summed E-state index contributed by atoms with van der Waals surface area (Å²) in [5.74, 6) is -0.995. The third-order valence-corrected chi connectivity index (χ3v) is 7.86. The summed E-state index contributed by atoms with van der Waals surface area (Å²) in [6, 6.07) is 14.8. The molecule has 2 aliphatic rings. The van der Waals surface area contributed by atoms with E-state index in [2.05, 4.69) is 38.4 Å². The molecule has 0 aromatic heterocycles. The van der Waals surface area contributed by atoms with Gasteiger partial charge in [0, 0.05) is 23.6 Å². The van der Waals surface area contributed by atoms with E-state index in [4.69, 9.17) is 4.74 Å². The Kier molecular flexibility index (Phi) is 6.04. The molecule has 0 aliphatic heterocycles. The number of ketones is 2. The summed E-state index contributed by atoms with van der Waals surface area (Å²) in [5, 5.41) is 10.9. The van der Waals surface area contributed by atoms with Crippen molar-refractivity contribution in [1.82, 2.24) is 0 Å². The first-order valence-corrected chi connectivity index (χ1v) is 11.4. The molecule has 0 heterocycles. The number of alkyl halides is 1. The van der Waals surface area contributed by atoms with Gasteiger partial charge in [0.15, 0.2) is 11.6 Å². The Morgan fingerprint density at radius 1 is 1.19 bits per heavy atom. The molecule has 1 N–H and O–H groups in total. The van der Waals surface area contributed by atoms with Gasteiger partial charge in [0.05, 0.1) is 10.4 Å². The SMILES string of the molecule is C=CC1=CC[C@H]2C(=O)C(Br)=CC(=O)[C@@]2(Br)[C@H]1c1ccc(OCc2ccccc2)cc1O. The highest BCUT2D eigenvalue weighted by molar-refractivity contribution is 9.12. The second-order valence-corrected chi connectivity index (χ2v) is 9.78. The van der Waals surface area contributed by atoms with Gasteiger partial charge in [0.25, 0.3) is 0 Å². The van der Waals surface area contributed by atoms with Crippen LogP contribution in [0.5, 0.6) is 11.5 Å². The van der Waals surface area contributed by atoms with Gasteiger partial charge < -0.3 is 9.84 Å². The van der Waals surface area contributed by atoms with Crippen molar-refractivity contribution in [2.45, 2.75) is 23.3 Å². The normalized spacial score (nSPS) is 25.4. The maximum atomic E-state index is 13.1. The standard InChI is InChI=1S/C25H20Br2O4/c1-2-16-8-11-19-24(30)20(26)13-22(29)25(19,27)23(16)18-10-9-17(12-21(18)28)31-14-15-6-4-3-5-7-15/h2-10,12-13,19,23,28H,1,11,14H2/t19-,23+,25+/m0/s1. The summed E-state index contributed by atoms with van der Waals surface area (Å²) in [4.78, 5) is 25.9. The fourth-order valence-corrected chi connectivity index (χ4v) is 5.77. The van der Waals surface area contributed by atoms with Crippen LogP contribution in [0.2, 0.25) is 0 Å². The van der Waals surface area contributed by atoms with Crippen molar-refractivity contribution < 1.29 is 19.4 Å². The smallest absolute Gasteiger partial charge is 0.175 e. The molecule has 3 atom stereocenters. The van der Waals surface area contributed by atoms with Gasteiger partial charge in [-0.2, -0.15) is 0 Å².